The summed E-state index contributed by atoms with van der Waals surface area (Å²) < 4.78 is 44.4. The van der Waals surface area contributed by atoms with E-state index in [9.17, 15) is 18.0 Å². The smallest absolute Gasteiger partial charge is 0.405 e. The van der Waals surface area contributed by atoms with Crippen molar-refractivity contribution in [2.75, 3.05) is 19.6 Å². The van der Waals surface area contributed by atoms with Gasteiger partial charge in [0, 0.05) is 42.8 Å². The number of carbonyl (C=O) groups is 1. The minimum absolute atomic E-state index is 0.105. The summed E-state index contributed by atoms with van der Waals surface area (Å²) in [5.74, 6) is -0.395. The average molecular weight is 466 g/mol. The Hall–Kier alpha value is -2.71. The van der Waals surface area contributed by atoms with Gasteiger partial charge in [-0.25, -0.2) is 0 Å². The SMILES string of the molecule is NCCn1cc(C(=O)N2CCC(c3ccccc3OC(F)(F)F)CC2)c2ccc(Cl)cc21. The fourth-order valence-corrected chi connectivity index (χ4v) is 4.53. The van der Waals surface area contributed by atoms with Gasteiger partial charge in [0.05, 0.1) is 11.1 Å². The first-order chi connectivity index (χ1) is 15.3. The maximum atomic E-state index is 13.3. The number of nitrogens with two attached hydrogens (primary N) is 1. The van der Waals surface area contributed by atoms with Crippen molar-refractivity contribution in [3.05, 3.63) is 64.8 Å². The molecule has 2 heterocycles. The maximum absolute atomic E-state index is 13.3. The van der Waals surface area contributed by atoms with E-state index in [1.807, 2.05) is 16.7 Å². The first kappa shape index (κ1) is 22.5. The van der Waals surface area contributed by atoms with Crippen LogP contribution in [0.1, 0.15) is 34.7 Å². The van der Waals surface area contributed by atoms with Gasteiger partial charge in [0.25, 0.3) is 5.91 Å². The summed E-state index contributed by atoms with van der Waals surface area (Å²) in [6.45, 7) is 1.87. The number of amides is 1. The number of piperidine rings is 1. The molecule has 3 aromatic rings. The van der Waals surface area contributed by atoms with Gasteiger partial charge in [0.2, 0.25) is 0 Å². The van der Waals surface area contributed by atoms with Gasteiger partial charge in [-0.1, -0.05) is 35.9 Å². The zero-order valence-corrected chi connectivity index (χ0v) is 18.0. The molecule has 9 heteroatoms. The lowest BCUT2D eigenvalue weighted by molar-refractivity contribution is -0.275. The zero-order chi connectivity index (χ0) is 22.9. The number of likely N-dealkylation sites (tertiary alicyclic amines) is 1. The molecule has 1 aromatic heterocycles. The van der Waals surface area contributed by atoms with Gasteiger partial charge < -0.3 is 19.9 Å². The highest BCUT2D eigenvalue weighted by atomic mass is 35.5. The van der Waals surface area contributed by atoms with Crippen LogP contribution in [-0.4, -0.2) is 41.4 Å². The quantitative estimate of drug-likeness (QED) is 0.565. The molecule has 0 unspecified atom stereocenters. The van der Waals surface area contributed by atoms with E-state index in [1.54, 1.807) is 29.3 Å². The van der Waals surface area contributed by atoms with Crippen LogP contribution >= 0.6 is 11.6 Å². The Labute approximate surface area is 188 Å². The lowest BCUT2D eigenvalue weighted by Gasteiger charge is -2.33. The third-order valence-corrected chi connectivity index (χ3v) is 6.05. The Bertz CT molecular complexity index is 1120. The van der Waals surface area contributed by atoms with Crippen LogP contribution in [0.15, 0.2) is 48.7 Å². The minimum Gasteiger partial charge on any atom is -0.405 e. The number of nitrogens with zero attached hydrogens (tertiary/aromatic N) is 2. The molecule has 0 aliphatic carbocycles. The number of alkyl halides is 3. The highest BCUT2D eigenvalue weighted by Crippen LogP contribution is 2.37. The van der Waals surface area contributed by atoms with Crippen LogP contribution in [-0.2, 0) is 6.54 Å². The Morgan fingerprint density at radius 1 is 1.16 bits per heavy atom. The van der Waals surface area contributed by atoms with Crippen molar-refractivity contribution in [3.63, 3.8) is 0 Å². The summed E-state index contributed by atoms with van der Waals surface area (Å²) in [4.78, 5) is 15.0. The number of hydrogen-bond acceptors (Lipinski definition) is 3. The fraction of sp³-hybridized carbons (Fsp3) is 0.348. The number of halogens is 4. The van der Waals surface area contributed by atoms with Crippen LogP contribution in [0.2, 0.25) is 5.02 Å². The molecule has 0 radical (unpaired) electrons. The van der Waals surface area contributed by atoms with E-state index in [0.717, 1.165) is 10.9 Å². The van der Waals surface area contributed by atoms with Gasteiger partial charge >= 0.3 is 6.36 Å². The molecule has 1 fully saturated rings. The Morgan fingerprint density at radius 3 is 2.56 bits per heavy atom. The lowest BCUT2D eigenvalue weighted by atomic mass is 9.88. The summed E-state index contributed by atoms with van der Waals surface area (Å²) >= 11 is 6.13. The first-order valence-electron chi connectivity index (χ1n) is 10.4. The first-order valence-corrected chi connectivity index (χ1v) is 10.8. The molecule has 2 N–H and O–H groups in total. The van der Waals surface area contributed by atoms with E-state index >= 15 is 0 Å². The second kappa shape index (κ2) is 9.03. The molecule has 1 saturated heterocycles. The average Bonchev–Trinajstić information content (AvgIpc) is 3.10. The molecular weight excluding hydrogens is 443 g/mol. The van der Waals surface area contributed by atoms with Crippen molar-refractivity contribution in [2.45, 2.75) is 31.7 Å². The maximum Gasteiger partial charge on any atom is 0.573 e. The molecular formula is C23H23ClF3N3O2. The number of carbonyl (C=O) groups excluding carboxylic acids is 1. The summed E-state index contributed by atoms with van der Waals surface area (Å²) in [7, 11) is 0. The Kier molecular flexibility index (Phi) is 6.35. The second-order valence-electron chi connectivity index (χ2n) is 7.84. The monoisotopic (exact) mass is 465 g/mol. The van der Waals surface area contributed by atoms with Crippen molar-refractivity contribution in [1.29, 1.82) is 0 Å². The van der Waals surface area contributed by atoms with Gasteiger partial charge in [0.1, 0.15) is 5.75 Å². The summed E-state index contributed by atoms with van der Waals surface area (Å²) in [5, 5.41) is 1.38. The predicted octanol–water partition coefficient (Wildman–Crippen LogP) is 5.17. The molecule has 0 saturated carbocycles. The van der Waals surface area contributed by atoms with E-state index in [2.05, 4.69) is 4.74 Å². The van der Waals surface area contributed by atoms with E-state index in [4.69, 9.17) is 17.3 Å². The normalized spacial score (nSPS) is 15.3. The second-order valence-corrected chi connectivity index (χ2v) is 8.27. The van der Waals surface area contributed by atoms with Crippen LogP contribution in [0.25, 0.3) is 10.9 Å². The van der Waals surface area contributed by atoms with Crippen LogP contribution in [0.4, 0.5) is 13.2 Å². The molecule has 2 aromatic carbocycles. The standard InChI is InChI=1S/C23H23ClF3N3O2/c24-16-5-6-18-19(14-30(12-9-28)20(18)13-16)22(31)29-10-7-15(8-11-29)17-3-1-2-4-21(17)32-23(25,26)27/h1-6,13-15H,7-12,28H2. The minimum atomic E-state index is -4.74. The summed E-state index contributed by atoms with van der Waals surface area (Å²) in [5.41, 5.74) is 7.65. The van der Waals surface area contributed by atoms with Gasteiger partial charge in [-0.15, -0.1) is 13.2 Å². The van der Waals surface area contributed by atoms with Gasteiger partial charge in [-0.3, -0.25) is 4.79 Å². The van der Waals surface area contributed by atoms with E-state index in [1.165, 1.54) is 12.1 Å². The lowest BCUT2D eigenvalue weighted by Crippen LogP contribution is -2.38. The molecule has 4 rings (SSSR count). The van der Waals surface area contributed by atoms with Crippen LogP contribution < -0.4 is 10.5 Å². The van der Waals surface area contributed by atoms with Gasteiger partial charge in [0.15, 0.2) is 0 Å². The Balaban J connectivity index is 1.52. The number of hydrogen-bond donors (Lipinski definition) is 1. The van der Waals surface area contributed by atoms with Crippen molar-refractivity contribution < 1.29 is 22.7 Å². The fourth-order valence-electron chi connectivity index (χ4n) is 4.36. The number of para-hydroxylation sites is 1. The molecule has 1 aliphatic rings. The zero-order valence-electron chi connectivity index (χ0n) is 17.2. The van der Waals surface area contributed by atoms with Crippen LogP contribution in [0, 0.1) is 0 Å². The van der Waals surface area contributed by atoms with Crippen LogP contribution in [0.5, 0.6) is 5.75 Å². The third-order valence-electron chi connectivity index (χ3n) is 5.81. The largest absolute Gasteiger partial charge is 0.573 e. The molecule has 170 valence electrons. The van der Waals surface area contributed by atoms with Gasteiger partial charge in [-0.2, -0.15) is 0 Å². The number of aromatic nitrogens is 1. The van der Waals surface area contributed by atoms with Crippen molar-refractivity contribution >= 4 is 28.4 Å². The van der Waals surface area contributed by atoms with Crippen molar-refractivity contribution in [3.8, 4) is 5.75 Å². The number of rotatable bonds is 5. The topological polar surface area (TPSA) is 60.5 Å². The molecule has 0 atom stereocenters. The third kappa shape index (κ3) is 4.71. The highest BCUT2D eigenvalue weighted by molar-refractivity contribution is 6.31. The number of fused-ring (bicyclic) bond motifs is 1. The number of benzene rings is 2. The molecule has 5 nitrogen and oxygen atoms in total. The van der Waals surface area contributed by atoms with Crippen LogP contribution in [0.3, 0.4) is 0 Å². The molecule has 1 aliphatic heterocycles. The summed E-state index contributed by atoms with van der Waals surface area (Å²) in [6.07, 6.45) is -1.84. The Morgan fingerprint density at radius 2 is 1.88 bits per heavy atom. The molecule has 0 spiro atoms. The van der Waals surface area contributed by atoms with Gasteiger partial charge in [-0.05, 0) is 42.5 Å². The van der Waals surface area contributed by atoms with E-state index in [0.29, 0.717) is 55.2 Å². The van der Waals surface area contributed by atoms with Crippen molar-refractivity contribution in [1.82, 2.24) is 9.47 Å². The van der Waals surface area contributed by atoms with Crippen molar-refractivity contribution in [2.24, 2.45) is 5.73 Å². The van der Waals surface area contributed by atoms with E-state index in [-0.39, 0.29) is 17.6 Å². The predicted molar refractivity (Wildman–Crippen MR) is 117 cm³/mol. The molecule has 0 bridgehead atoms. The number of ether oxygens (including phenoxy) is 1. The molecule has 32 heavy (non-hydrogen) atoms. The molecule has 1 amide bonds. The highest BCUT2D eigenvalue weighted by Gasteiger charge is 2.34. The van der Waals surface area contributed by atoms with E-state index < -0.39 is 6.36 Å². The summed E-state index contributed by atoms with van der Waals surface area (Å²) in [6, 6.07) is 11.6.